The highest BCUT2D eigenvalue weighted by Gasteiger charge is 2.26. The number of hydrogen-bond acceptors (Lipinski definition) is 6. The van der Waals surface area contributed by atoms with Gasteiger partial charge < -0.3 is 25.0 Å². The Morgan fingerprint density at radius 1 is 1.02 bits per heavy atom. The number of aryl methyl sites for hydroxylation is 2. The van der Waals surface area contributed by atoms with Crippen molar-refractivity contribution in [2.45, 2.75) is 26.2 Å². The molecule has 0 spiro atoms. The Balaban J connectivity index is 1.12. The van der Waals surface area contributed by atoms with Crippen molar-refractivity contribution in [3.63, 3.8) is 0 Å². The summed E-state index contributed by atoms with van der Waals surface area (Å²) >= 11 is 6.45. The SMILES string of the molecule is C=CC(=O)Nc1ccc2c(c1)CCC(CN1CCN(c3ccc(C(=O)O)c(Oc4cnc5[nH]ccc5c4)c3)CC1)=C2c1ccc(Cl)cc1CC. The molecule has 1 aliphatic carbocycles. The third kappa shape index (κ3) is 6.88. The quantitative estimate of drug-likeness (QED) is 0.128. The first-order valence-electron chi connectivity index (χ1n) is 16.8. The Hall–Kier alpha value is -5.38. The number of carbonyl (C=O) groups excluding carboxylic acids is 1. The average Bonchev–Trinajstić information content (AvgIpc) is 3.60. The monoisotopic (exact) mass is 687 g/mol. The number of hydrogen-bond donors (Lipinski definition) is 3. The summed E-state index contributed by atoms with van der Waals surface area (Å²) in [6.45, 7) is 9.84. The van der Waals surface area contributed by atoms with Crippen LogP contribution in [0.2, 0.25) is 5.02 Å². The molecule has 9 nitrogen and oxygen atoms in total. The molecule has 0 bridgehead atoms. The van der Waals surface area contributed by atoms with Crippen molar-refractivity contribution in [3.8, 4) is 11.5 Å². The number of nitrogens with one attached hydrogen (secondary N) is 2. The number of H-pyrrole nitrogens is 1. The Morgan fingerprint density at radius 3 is 2.62 bits per heavy atom. The summed E-state index contributed by atoms with van der Waals surface area (Å²) in [5, 5.41) is 14.4. The molecule has 50 heavy (non-hydrogen) atoms. The second-order valence-corrected chi connectivity index (χ2v) is 13.1. The molecule has 1 aliphatic heterocycles. The lowest BCUT2D eigenvalue weighted by Crippen LogP contribution is -2.47. The highest BCUT2D eigenvalue weighted by molar-refractivity contribution is 6.30. The van der Waals surface area contributed by atoms with Gasteiger partial charge in [0.2, 0.25) is 5.91 Å². The molecule has 0 saturated carbocycles. The first kappa shape index (κ1) is 33.1. The van der Waals surface area contributed by atoms with Crippen molar-refractivity contribution in [2.75, 3.05) is 42.9 Å². The zero-order chi connectivity index (χ0) is 34.8. The standard InChI is InChI=1S/C40H38ClN5O4/c1-3-25-19-29(41)7-10-33(25)38-28(6-5-26-20-30(8-11-34(26)38)44-37(47)4-2)24-45-15-17-46(18-16-45)31-9-12-35(40(48)49)36(22-31)50-32-21-27-13-14-42-39(27)43-23-32/h4,7-14,19-23H,2-3,5-6,15-18,24H2,1H3,(H,42,43)(H,44,47)(H,48,49). The third-order valence-corrected chi connectivity index (χ3v) is 9.78. The molecule has 5 aromatic rings. The predicted molar refractivity (Wildman–Crippen MR) is 199 cm³/mol. The molecule has 0 unspecified atom stereocenters. The summed E-state index contributed by atoms with van der Waals surface area (Å²) in [5.74, 6) is -0.512. The maximum atomic E-state index is 12.1. The highest BCUT2D eigenvalue weighted by atomic mass is 35.5. The van der Waals surface area contributed by atoms with Gasteiger partial charge in [-0.1, -0.05) is 37.2 Å². The van der Waals surface area contributed by atoms with E-state index in [0.717, 1.165) is 79.4 Å². The molecule has 1 amide bonds. The summed E-state index contributed by atoms with van der Waals surface area (Å²) < 4.78 is 6.11. The number of aromatic amines is 1. The second-order valence-electron chi connectivity index (χ2n) is 12.6. The van der Waals surface area contributed by atoms with Crippen LogP contribution in [0.1, 0.15) is 46.0 Å². The van der Waals surface area contributed by atoms with E-state index in [0.29, 0.717) is 5.75 Å². The number of carboxylic acid groups (broad SMARTS) is 1. The molecule has 0 radical (unpaired) electrons. The van der Waals surface area contributed by atoms with E-state index in [-0.39, 0.29) is 17.2 Å². The van der Waals surface area contributed by atoms with Gasteiger partial charge in [-0.3, -0.25) is 9.69 Å². The fourth-order valence-corrected chi connectivity index (χ4v) is 7.21. The van der Waals surface area contributed by atoms with E-state index in [1.54, 1.807) is 18.5 Å². The minimum atomic E-state index is -1.05. The number of ether oxygens (including phenoxy) is 1. The van der Waals surface area contributed by atoms with Gasteiger partial charge in [0.05, 0.1) is 6.20 Å². The van der Waals surface area contributed by atoms with Gasteiger partial charge in [-0.05, 0) is 107 Å². The van der Waals surface area contributed by atoms with Gasteiger partial charge in [-0.15, -0.1) is 0 Å². The third-order valence-electron chi connectivity index (χ3n) is 9.55. The number of benzene rings is 3. The van der Waals surface area contributed by atoms with Crippen molar-refractivity contribution < 1.29 is 19.4 Å². The van der Waals surface area contributed by atoms with Crippen LogP contribution in [-0.2, 0) is 17.6 Å². The molecule has 1 saturated heterocycles. The second kappa shape index (κ2) is 14.2. The molecule has 7 rings (SSSR count). The predicted octanol–water partition coefficient (Wildman–Crippen LogP) is 7.96. The number of carboxylic acids is 1. The van der Waals surface area contributed by atoms with E-state index >= 15 is 0 Å². The summed E-state index contributed by atoms with van der Waals surface area (Å²) in [4.78, 5) is 36.3. The molecule has 3 aromatic carbocycles. The smallest absolute Gasteiger partial charge is 0.339 e. The number of aromatic carboxylic acids is 1. The van der Waals surface area contributed by atoms with Crippen molar-refractivity contribution in [1.29, 1.82) is 0 Å². The van der Waals surface area contributed by atoms with Crippen LogP contribution in [0.5, 0.6) is 11.5 Å². The molecular weight excluding hydrogens is 650 g/mol. The molecular formula is C40H38ClN5O4. The summed E-state index contributed by atoms with van der Waals surface area (Å²) in [6, 6.07) is 21.4. The number of anilines is 2. The molecule has 3 N–H and O–H groups in total. The number of carbonyl (C=O) groups is 2. The first-order valence-corrected chi connectivity index (χ1v) is 17.2. The van der Waals surface area contributed by atoms with Crippen LogP contribution < -0.4 is 15.0 Å². The fraction of sp³-hybridized carbons (Fsp3) is 0.225. The van der Waals surface area contributed by atoms with Crippen LogP contribution in [-0.4, -0.2) is 64.6 Å². The zero-order valence-corrected chi connectivity index (χ0v) is 28.6. The summed E-state index contributed by atoms with van der Waals surface area (Å²) in [6.07, 6.45) is 7.33. The van der Waals surface area contributed by atoms with Gasteiger partial charge >= 0.3 is 5.97 Å². The Morgan fingerprint density at radius 2 is 1.84 bits per heavy atom. The van der Waals surface area contributed by atoms with Crippen molar-refractivity contribution in [2.24, 2.45) is 0 Å². The van der Waals surface area contributed by atoms with Gasteiger partial charge in [-0.25, -0.2) is 9.78 Å². The lowest BCUT2D eigenvalue weighted by molar-refractivity contribution is -0.111. The van der Waals surface area contributed by atoms with E-state index in [2.05, 4.69) is 62.9 Å². The van der Waals surface area contributed by atoms with Gasteiger partial charge in [-0.2, -0.15) is 0 Å². The van der Waals surface area contributed by atoms with Crippen LogP contribution >= 0.6 is 11.6 Å². The summed E-state index contributed by atoms with van der Waals surface area (Å²) in [7, 11) is 0. The fourth-order valence-electron chi connectivity index (χ4n) is 7.01. The van der Waals surface area contributed by atoms with E-state index in [4.69, 9.17) is 16.3 Å². The Labute approximate surface area is 295 Å². The van der Waals surface area contributed by atoms with E-state index in [9.17, 15) is 14.7 Å². The van der Waals surface area contributed by atoms with E-state index < -0.39 is 5.97 Å². The van der Waals surface area contributed by atoms with Crippen LogP contribution in [0, 0.1) is 0 Å². The van der Waals surface area contributed by atoms with E-state index in [1.807, 2.05) is 36.4 Å². The minimum Gasteiger partial charge on any atom is -0.478 e. The van der Waals surface area contributed by atoms with E-state index in [1.165, 1.54) is 39.5 Å². The van der Waals surface area contributed by atoms with Crippen LogP contribution in [0.25, 0.3) is 16.6 Å². The summed E-state index contributed by atoms with van der Waals surface area (Å²) in [5.41, 5.74) is 9.97. The van der Waals surface area contributed by atoms with Crippen molar-refractivity contribution >= 4 is 51.5 Å². The minimum absolute atomic E-state index is 0.0995. The molecule has 1 fully saturated rings. The lowest BCUT2D eigenvalue weighted by atomic mass is 9.80. The molecule has 10 heteroatoms. The lowest BCUT2D eigenvalue weighted by Gasteiger charge is -2.38. The molecule has 2 aliphatic rings. The number of rotatable bonds is 10. The number of pyridine rings is 1. The van der Waals surface area contributed by atoms with Crippen molar-refractivity contribution in [3.05, 3.63) is 130 Å². The van der Waals surface area contributed by atoms with Gasteiger partial charge in [0.25, 0.3) is 0 Å². The maximum Gasteiger partial charge on any atom is 0.339 e. The highest BCUT2D eigenvalue weighted by Crippen LogP contribution is 2.40. The molecule has 0 atom stereocenters. The molecule has 3 heterocycles. The Bertz CT molecular complexity index is 2150. The number of piperazine rings is 1. The number of halogens is 1. The number of fused-ring (bicyclic) bond motifs is 2. The largest absolute Gasteiger partial charge is 0.478 e. The zero-order valence-electron chi connectivity index (χ0n) is 27.8. The molecule has 254 valence electrons. The number of aromatic nitrogens is 2. The average molecular weight is 688 g/mol. The van der Waals surface area contributed by atoms with Gasteiger partial charge in [0.1, 0.15) is 22.7 Å². The van der Waals surface area contributed by atoms with Crippen LogP contribution in [0.3, 0.4) is 0 Å². The number of amides is 1. The van der Waals surface area contributed by atoms with Crippen molar-refractivity contribution in [1.82, 2.24) is 14.9 Å². The van der Waals surface area contributed by atoms with Gasteiger partial charge in [0, 0.05) is 66.8 Å². The van der Waals surface area contributed by atoms with Crippen LogP contribution in [0.4, 0.5) is 11.4 Å². The maximum absolute atomic E-state index is 12.1. The van der Waals surface area contributed by atoms with Gasteiger partial charge in [0.15, 0.2) is 0 Å². The Kier molecular flexibility index (Phi) is 9.43. The molecule has 2 aromatic heterocycles. The normalized spacial score (nSPS) is 14.8. The van der Waals surface area contributed by atoms with Crippen LogP contribution in [0.15, 0.2) is 97.4 Å². The number of nitrogens with zero attached hydrogens (tertiary/aromatic N) is 3. The first-order chi connectivity index (χ1) is 24.3. The topological polar surface area (TPSA) is 111 Å².